The maximum atomic E-state index is 12.9. The van der Waals surface area contributed by atoms with Crippen molar-refractivity contribution in [3.8, 4) is 5.75 Å². The Labute approximate surface area is 170 Å². The molecule has 26 heavy (non-hydrogen) atoms. The average molecular weight is 482 g/mol. The lowest BCUT2D eigenvalue weighted by atomic mass is 10.0. The van der Waals surface area contributed by atoms with E-state index < -0.39 is 6.04 Å². The molecule has 134 valence electrons. The van der Waals surface area contributed by atoms with Crippen LogP contribution in [0.4, 0.5) is 0 Å². The number of carbonyl (C=O) groups excluding carboxylic acids is 1. The van der Waals surface area contributed by atoms with E-state index >= 15 is 0 Å². The molecule has 1 aromatic heterocycles. The van der Waals surface area contributed by atoms with Crippen molar-refractivity contribution in [2.45, 2.75) is 6.04 Å². The Kier molecular flexibility index (Phi) is 5.83. The number of benzene rings is 2. The summed E-state index contributed by atoms with van der Waals surface area (Å²) in [6.07, 6.45) is 3.55. The summed E-state index contributed by atoms with van der Waals surface area (Å²) in [5.74, 6) is 1.19. The van der Waals surface area contributed by atoms with E-state index in [1.165, 1.54) is 0 Å². The van der Waals surface area contributed by atoms with Gasteiger partial charge in [-0.25, -0.2) is 4.98 Å². The van der Waals surface area contributed by atoms with Crippen LogP contribution in [-0.2, 0) is 7.05 Å². The van der Waals surface area contributed by atoms with E-state index in [-0.39, 0.29) is 5.91 Å². The van der Waals surface area contributed by atoms with Gasteiger partial charge in [-0.3, -0.25) is 4.79 Å². The molecule has 0 radical (unpaired) electrons. The van der Waals surface area contributed by atoms with E-state index in [4.69, 9.17) is 16.3 Å². The molecule has 7 heteroatoms. The van der Waals surface area contributed by atoms with Gasteiger partial charge in [0.15, 0.2) is 0 Å². The Bertz CT molecular complexity index is 942. The lowest BCUT2D eigenvalue weighted by molar-refractivity contribution is 0.0940. The van der Waals surface area contributed by atoms with Crippen molar-refractivity contribution < 1.29 is 9.53 Å². The number of nitrogens with zero attached hydrogens (tertiary/aromatic N) is 2. The summed E-state index contributed by atoms with van der Waals surface area (Å²) in [7, 11) is 3.50. The monoisotopic (exact) mass is 481 g/mol. The number of carbonyl (C=O) groups is 1. The van der Waals surface area contributed by atoms with Crippen molar-refractivity contribution >= 4 is 40.1 Å². The normalized spacial score (nSPS) is 11.8. The standard InChI is InChI=1S/C19H17ClIN3O2/c1-24-10-9-22-18(24)17(13-5-3-4-6-16(13)26-2)23-19(25)12-7-8-14(20)15(21)11-12/h3-11,17H,1-2H3,(H,23,25). The van der Waals surface area contributed by atoms with Crippen LogP contribution in [0.5, 0.6) is 5.75 Å². The van der Waals surface area contributed by atoms with Crippen molar-refractivity contribution in [2.24, 2.45) is 7.05 Å². The number of halogens is 2. The number of aromatic nitrogens is 2. The summed E-state index contributed by atoms with van der Waals surface area (Å²) < 4.78 is 8.18. The minimum Gasteiger partial charge on any atom is -0.496 e. The van der Waals surface area contributed by atoms with Gasteiger partial charge in [0.05, 0.1) is 12.1 Å². The third-order valence-electron chi connectivity index (χ3n) is 4.02. The van der Waals surface area contributed by atoms with Gasteiger partial charge in [-0.05, 0) is 46.9 Å². The van der Waals surface area contributed by atoms with Gasteiger partial charge in [-0.2, -0.15) is 0 Å². The second kappa shape index (κ2) is 8.09. The molecule has 0 saturated heterocycles. The number of amides is 1. The Morgan fingerprint density at radius 1 is 1.31 bits per heavy atom. The van der Waals surface area contributed by atoms with Crippen molar-refractivity contribution in [3.63, 3.8) is 0 Å². The van der Waals surface area contributed by atoms with Crippen LogP contribution in [0.3, 0.4) is 0 Å². The number of aryl methyl sites for hydroxylation is 1. The molecule has 0 saturated carbocycles. The molecule has 2 aromatic carbocycles. The Morgan fingerprint density at radius 2 is 2.08 bits per heavy atom. The number of hydrogen-bond donors (Lipinski definition) is 1. The molecule has 1 amide bonds. The van der Waals surface area contributed by atoms with Crippen LogP contribution in [0, 0.1) is 3.57 Å². The maximum Gasteiger partial charge on any atom is 0.252 e. The van der Waals surface area contributed by atoms with Crippen molar-refractivity contribution in [1.82, 2.24) is 14.9 Å². The molecule has 0 fully saturated rings. The van der Waals surface area contributed by atoms with Crippen LogP contribution in [0.1, 0.15) is 27.8 Å². The minimum atomic E-state index is -0.452. The summed E-state index contributed by atoms with van der Waals surface area (Å²) in [5.41, 5.74) is 1.37. The van der Waals surface area contributed by atoms with Crippen molar-refractivity contribution in [3.05, 3.63) is 80.4 Å². The Morgan fingerprint density at radius 3 is 2.73 bits per heavy atom. The summed E-state index contributed by atoms with van der Waals surface area (Å²) >= 11 is 8.17. The second-order valence-corrected chi connectivity index (χ2v) is 7.24. The van der Waals surface area contributed by atoms with Gasteiger partial charge < -0.3 is 14.6 Å². The van der Waals surface area contributed by atoms with E-state index in [0.29, 0.717) is 22.2 Å². The zero-order valence-electron chi connectivity index (χ0n) is 14.2. The number of hydrogen-bond acceptors (Lipinski definition) is 3. The highest BCUT2D eigenvalue weighted by Gasteiger charge is 2.24. The van der Waals surface area contributed by atoms with Crippen LogP contribution in [0.2, 0.25) is 5.02 Å². The lowest BCUT2D eigenvalue weighted by Crippen LogP contribution is -2.31. The topological polar surface area (TPSA) is 56.1 Å². The van der Waals surface area contributed by atoms with Crippen LogP contribution in [-0.4, -0.2) is 22.6 Å². The number of ether oxygens (including phenoxy) is 1. The highest BCUT2D eigenvalue weighted by Crippen LogP contribution is 2.29. The van der Waals surface area contributed by atoms with Crippen LogP contribution < -0.4 is 10.1 Å². The van der Waals surface area contributed by atoms with Crippen LogP contribution in [0.15, 0.2) is 54.9 Å². The largest absolute Gasteiger partial charge is 0.496 e. The molecular formula is C19H17ClIN3O2. The fourth-order valence-electron chi connectivity index (χ4n) is 2.69. The van der Waals surface area contributed by atoms with E-state index in [2.05, 4.69) is 32.9 Å². The van der Waals surface area contributed by atoms with Gasteiger partial charge in [-0.15, -0.1) is 0 Å². The number of imidazole rings is 1. The Hall–Kier alpha value is -2.06. The van der Waals surface area contributed by atoms with Gasteiger partial charge in [0.1, 0.15) is 17.6 Å². The highest BCUT2D eigenvalue weighted by atomic mass is 127. The minimum absolute atomic E-state index is 0.210. The number of para-hydroxylation sites is 1. The van der Waals surface area contributed by atoms with E-state index in [1.54, 1.807) is 31.5 Å². The SMILES string of the molecule is COc1ccccc1C(NC(=O)c1ccc(Cl)c(I)c1)c1nccn1C. The molecule has 0 spiro atoms. The first kappa shape index (κ1) is 18.7. The van der Waals surface area contributed by atoms with Crippen LogP contribution >= 0.6 is 34.2 Å². The quantitative estimate of drug-likeness (QED) is 0.556. The molecule has 1 unspecified atom stereocenters. The van der Waals surface area contributed by atoms with E-state index in [1.807, 2.05) is 42.1 Å². The fourth-order valence-corrected chi connectivity index (χ4v) is 3.33. The number of nitrogens with one attached hydrogen (secondary N) is 1. The van der Waals surface area contributed by atoms with E-state index in [9.17, 15) is 4.79 Å². The van der Waals surface area contributed by atoms with Crippen molar-refractivity contribution in [2.75, 3.05) is 7.11 Å². The average Bonchev–Trinajstić information content (AvgIpc) is 3.07. The summed E-state index contributed by atoms with van der Waals surface area (Å²) in [6, 6.07) is 12.3. The van der Waals surface area contributed by atoms with E-state index in [0.717, 1.165) is 9.13 Å². The summed E-state index contributed by atoms with van der Waals surface area (Å²) in [4.78, 5) is 17.3. The molecule has 5 nitrogen and oxygen atoms in total. The molecule has 0 bridgehead atoms. The molecular weight excluding hydrogens is 465 g/mol. The third-order valence-corrected chi connectivity index (χ3v) is 5.56. The fraction of sp³-hybridized carbons (Fsp3) is 0.158. The summed E-state index contributed by atoms with van der Waals surface area (Å²) in [6.45, 7) is 0. The molecule has 1 atom stereocenters. The molecule has 1 heterocycles. The van der Waals surface area contributed by atoms with Gasteiger partial charge in [0.2, 0.25) is 0 Å². The van der Waals surface area contributed by atoms with Crippen molar-refractivity contribution in [1.29, 1.82) is 0 Å². The molecule has 0 aliphatic heterocycles. The molecule has 3 aromatic rings. The zero-order valence-corrected chi connectivity index (χ0v) is 17.2. The highest BCUT2D eigenvalue weighted by molar-refractivity contribution is 14.1. The Balaban J connectivity index is 2.00. The molecule has 1 N–H and O–H groups in total. The number of rotatable bonds is 5. The zero-order chi connectivity index (χ0) is 18.7. The molecule has 0 aliphatic rings. The lowest BCUT2D eigenvalue weighted by Gasteiger charge is -2.21. The van der Waals surface area contributed by atoms with Gasteiger partial charge >= 0.3 is 0 Å². The first-order valence-electron chi connectivity index (χ1n) is 7.87. The first-order valence-corrected chi connectivity index (χ1v) is 9.33. The predicted molar refractivity (Wildman–Crippen MR) is 110 cm³/mol. The number of methoxy groups -OCH3 is 1. The van der Waals surface area contributed by atoms with Gasteiger partial charge in [0, 0.05) is 34.1 Å². The predicted octanol–water partition coefficient (Wildman–Crippen LogP) is 4.21. The maximum absolute atomic E-state index is 12.9. The molecule has 3 rings (SSSR count). The first-order chi connectivity index (χ1) is 12.5. The summed E-state index contributed by atoms with van der Waals surface area (Å²) in [5, 5.41) is 3.68. The smallest absolute Gasteiger partial charge is 0.252 e. The molecule has 0 aliphatic carbocycles. The van der Waals surface area contributed by atoms with Gasteiger partial charge in [-0.1, -0.05) is 29.8 Å². The van der Waals surface area contributed by atoms with Gasteiger partial charge in [0.25, 0.3) is 5.91 Å². The second-order valence-electron chi connectivity index (χ2n) is 5.67. The van der Waals surface area contributed by atoms with Crippen LogP contribution in [0.25, 0.3) is 0 Å². The third kappa shape index (κ3) is 3.86.